The predicted octanol–water partition coefficient (Wildman–Crippen LogP) is 2.33. The lowest BCUT2D eigenvalue weighted by Gasteiger charge is -2.34. The van der Waals surface area contributed by atoms with E-state index in [0.29, 0.717) is 6.54 Å². The maximum Gasteiger partial charge on any atom is 0.238 e. The van der Waals surface area contributed by atoms with E-state index in [4.69, 9.17) is 4.98 Å². The van der Waals surface area contributed by atoms with Gasteiger partial charge in [0.2, 0.25) is 5.91 Å². The van der Waals surface area contributed by atoms with Gasteiger partial charge in [0.25, 0.3) is 0 Å². The van der Waals surface area contributed by atoms with E-state index in [1.807, 2.05) is 42.5 Å². The number of hydrogen-bond donors (Lipinski definition) is 1. The Morgan fingerprint density at radius 3 is 2.37 bits per heavy atom. The molecular weight excluding hydrogens is 338 g/mol. The van der Waals surface area contributed by atoms with Gasteiger partial charge in [-0.2, -0.15) is 0 Å². The Hall–Kier alpha value is -2.70. The number of para-hydroxylation sites is 3. The topological polar surface area (TPSA) is 53.4 Å². The molecule has 4 rings (SSSR count). The van der Waals surface area contributed by atoms with Crippen LogP contribution in [0.4, 0.5) is 5.69 Å². The van der Waals surface area contributed by atoms with Gasteiger partial charge in [0, 0.05) is 38.9 Å². The molecule has 27 heavy (non-hydrogen) atoms. The predicted molar refractivity (Wildman–Crippen MR) is 108 cm³/mol. The maximum atomic E-state index is 12.2. The van der Waals surface area contributed by atoms with Crippen LogP contribution in [-0.2, 0) is 18.4 Å². The molecule has 1 fully saturated rings. The molecule has 1 aromatic heterocycles. The van der Waals surface area contributed by atoms with E-state index in [0.717, 1.165) is 49.8 Å². The molecule has 1 saturated heterocycles. The number of fused-ring (bicyclic) bond motifs is 1. The SMILES string of the molecule is Cn1c(CN2CCN(CC(=O)Nc3ccccc3)CC2)nc2ccccc21. The lowest BCUT2D eigenvalue weighted by atomic mass is 10.3. The molecule has 0 spiro atoms. The number of imidazole rings is 1. The number of aromatic nitrogens is 2. The molecule has 0 unspecified atom stereocenters. The maximum absolute atomic E-state index is 12.2. The van der Waals surface area contributed by atoms with Crippen molar-refractivity contribution in [3.8, 4) is 0 Å². The largest absolute Gasteiger partial charge is 0.330 e. The zero-order valence-electron chi connectivity index (χ0n) is 15.6. The number of aryl methyl sites for hydroxylation is 1. The van der Waals surface area contributed by atoms with Crippen LogP contribution in [0.1, 0.15) is 5.82 Å². The molecule has 3 aromatic rings. The van der Waals surface area contributed by atoms with Crippen LogP contribution in [0.25, 0.3) is 11.0 Å². The number of piperazine rings is 1. The summed E-state index contributed by atoms with van der Waals surface area (Å²) in [5.74, 6) is 1.14. The van der Waals surface area contributed by atoms with E-state index >= 15 is 0 Å². The van der Waals surface area contributed by atoms with E-state index in [9.17, 15) is 4.79 Å². The first kappa shape index (κ1) is 17.7. The second-order valence-corrected chi connectivity index (χ2v) is 7.04. The Labute approximate surface area is 159 Å². The minimum atomic E-state index is 0.0463. The number of nitrogens with zero attached hydrogens (tertiary/aromatic N) is 4. The van der Waals surface area contributed by atoms with Crippen LogP contribution in [0, 0.1) is 0 Å². The molecule has 1 aliphatic rings. The Balaban J connectivity index is 1.28. The van der Waals surface area contributed by atoms with Crippen molar-refractivity contribution in [1.82, 2.24) is 19.4 Å². The Bertz CT molecular complexity index is 913. The summed E-state index contributed by atoms with van der Waals surface area (Å²) in [6, 6.07) is 17.9. The summed E-state index contributed by atoms with van der Waals surface area (Å²) in [7, 11) is 2.08. The first-order chi connectivity index (χ1) is 13.2. The lowest BCUT2D eigenvalue weighted by Crippen LogP contribution is -2.48. The third-order valence-electron chi connectivity index (χ3n) is 5.13. The van der Waals surface area contributed by atoms with Gasteiger partial charge in [0.05, 0.1) is 24.1 Å². The van der Waals surface area contributed by atoms with Crippen LogP contribution < -0.4 is 5.32 Å². The molecule has 1 N–H and O–H groups in total. The number of amides is 1. The molecule has 2 aromatic carbocycles. The van der Waals surface area contributed by atoms with Crippen LogP contribution in [0.15, 0.2) is 54.6 Å². The van der Waals surface area contributed by atoms with Gasteiger partial charge < -0.3 is 9.88 Å². The second kappa shape index (κ2) is 7.90. The number of benzene rings is 2. The van der Waals surface area contributed by atoms with Gasteiger partial charge in [0.15, 0.2) is 0 Å². The number of rotatable bonds is 5. The fraction of sp³-hybridized carbons (Fsp3) is 0.333. The van der Waals surface area contributed by atoms with Crippen molar-refractivity contribution in [2.24, 2.45) is 7.05 Å². The zero-order valence-corrected chi connectivity index (χ0v) is 15.6. The summed E-state index contributed by atoms with van der Waals surface area (Å²) in [5, 5.41) is 2.96. The van der Waals surface area contributed by atoms with Gasteiger partial charge in [-0.3, -0.25) is 14.6 Å². The Morgan fingerprint density at radius 2 is 1.63 bits per heavy atom. The van der Waals surface area contributed by atoms with Crippen molar-refractivity contribution in [2.75, 3.05) is 38.0 Å². The number of carbonyl (C=O) groups is 1. The number of hydrogen-bond acceptors (Lipinski definition) is 4. The molecule has 0 radical (unpaired) electrons. The Morgan fingerprint density at radius 1 is 0.963 bits per heavy atom. The fourth-order valence-corrected chi connectivity index (χ4v) is 3.57. The molecule has 1 aliphatic heterocycles. The third-order valence-corrected chi connectivity index (χ3v) is 5.13. The van der Waals surface area contributed by atoms with E-state index in [2.05, 4.69) is 38.9 Å². The van der Waals surface area contributed by atoms with Crippen LogP contribution in [0.5, 0.6) is 0 Å². The molecule has 0 bridgehead atoms. The average Bonchev–Trinajstić information content (AvgIpc) is 3.00. The standard InChI is InChI=1S/C21H25N5O/c1-24-19-10-6-5-9-18(19)23-20(24)15-25-11-13-26(14-12-25)16-21(27)22-17-7-3-2-4-8-17/h2-10H,11-16H2,1H3,(H,22,27). The van der Waals surface area contributed by atoms with Crippen molar-refractivity contribution in [3.05, 3.63) is 60.4 Å². The summed E-state index contributed by atoms with van der Waals surface area (Å²) in [6.07, 6.45) is 0. The molecule has 6 nitrogen and oxygen atoms in total. The van der Waals surface area contributed by atoms with Crippen molar-refractivity contribution in [3.63, 3.8) is 0 Å². The number of anilines is 1. The molecule has 2 heterocycles. The van der Waals surface area contributed by atoms with Crippen LogP contribution in [-0.4, -0.2) is 58.0 Å². The van der Waals surface area contributed by atoms with E-state index in [1.54, 1.807) is 0 Å². The first-order valence-corrected chi connectivity index (χ1v) is 9.39. The average molecular weight is 363 g/mol. The molecule has 0 aliphatic carbocycles. The summed E-state index contributed by atoms with van der Waals surface area (Å²) < 4.78 is 2.18. The van der Waals surface area contributed by atoms with Crippen molar-refractivity contribution < 1.29 is 4.79 Å². The lowest BCUT2D eigenvalue weighted by molar-refractivity contribution is -0.117. The second-order valence-electron chi connectivity index (χ2n) is 7.04. The summed E-state index contributed by atoms with van der Waals surface area (Å²) >= 11 is 0. The third kappa shape index (κ3) is 4.18. The fourth-order valence-electron chi connectivity index (χ4n) is 3.57. The van der Waals surface area contributed by atoms with Crippen molar-refractivity contribution in [1.29, 1.82) is 0 Å². The molecule has 0 saturated carbocycles. The summed E-state index contributed by atoms with van der Waals surface area (Å²) in [5.41, 5.74) is 3.07. The van der Waals surface area contributed by atoms with E-state index in [1.165, 1.54) is 5.52 Å². The molecule has 140 valence electrons. The van der Waals surface area contributed by atoms with Crippen molar-refractivity contribution >= 4 is 22.6 Å². The zero-order chi connectivity index (χ0) is 18.6. The molecular formula is C21H25N5O. The van der Waals surface area contributed by atoms with Crippen LogP contribution in [0.3, 0.4) is 0 Å². The van der Waals surface area contributed by atoms with Gasteiger partial charge in [0.1, 0.15) is 5.82 Å². The highest BCUT2D eigenvalue weighted by atomic mass is 16.2. The first-order valence-electron chi connectivity index (χ1n) is 9.39. The quantitative estimate of drug-likeness (QED) is 0.756. The minimum absolute atomic E-state index is 0.0463. The highest BCUT2D eigenvalue weighted by molar-refractivity contribution is 5.92. The smallest absolute Gasteiger partial charge is 0.238 e. The van der Waals surface area contributed by atoms with E-state index < -0.39 is 0 Å². The monoisotopic (exact) mass is 363 g/mol. The minimum Gasteiger partial charge on any atom is -0.330 e. The highest BCUT2D eigenvalue weighted by Crippen LogP contribution is 2.16. The van der Waals surface area contributed by atoms with Gasteiger partial charge >= 0.3 is 0 Å². The summed E-state index contributed by atoms with van der Waals surface area (Å²) in [4.78, 5) is 21.6. The van der Waals surface area contributed by atoms with Gasteiger partial charge in [-0.1, -0.05) is 30.3 Å². The number of nitrogens with one attached hydrogen (secondary N) is 1. The number of carbonyl (C=O) groups excluding carboxylic acids is 1. The molecule has 0 atom stereocenters. The van der Waals surface area contributed by atoms with Crippen LogP contribution >= 0.6 is 0 Å². The molecule has 1 amide bonds. The van der Waals surface area contributed by atoms with Gasteiger partial charge in [-0.05, 0) is 24.3 Å². The van der Waals surface area contributed by atoms with E-state index in [-0.39, 0.29) is 5.91 Å². The summed E-state index contributed by atoms with van der Waals surface area (Å²) in [6.45, 7) is 4.96. The Kier molecular flexibility index (Phi) is 5.18. The van der Waals surface area contributed by atoms with Gasteiger partial charge in [-0.15, -0.1) is 0 Å². The van der Waals surface area contributed by atoms with Crippen molar-refractivity contribution in [2.45, 2.75) is 6.54 Å². The molecule has 6 heteroatoms. The van der Waals surface area contributed by atoms with Gasteiger partial charge in [-0.25, -0.2) is 4.98 Å². The highest BCUT2D eigenvalue weighted by Gasteiger charge is 2.20. The van der Waals surface area contributed by atoms with Crippen LogP contribution in [0.2, 0.25) is 0 Å². The normalized spacial score (nSPS) is 15.9.